The summed E-state index contributed by atoms with van der Waals surface area (Å²) in [6.45, 7) is 4.72. The Kier molecular flexibility index (Phi) is 7.55. The lowest BCUT2D eigenvalue weighted by Crippen LogP contribution is -2.16. The second-order valence-electron chi connectivity index (χ2n) is 15.8. The van der Waals surface area contributed by atoms with E-state index >= 15 is 0 Å². The molecule has 0 fully saturated rings. The molecule has 1 aromatic heterocycles. The predicted molar refractivity (Wildman–Crippen MR) is 241 cm³/mol. The van der Waals surface area contributed by atoms with Crippen LogP contribution >= 0.6 is 0 Å². The number of benzene rings is 9. The molecular weight excluding hydrogens is 689 g/mol. The van der Waals surface area contributed by atoms with Crippen LogP contribution in [0.4, 0.5) is 17.1 Å². The highest BCUT2D eigenvalue weighted by molar-refractivity contribution is 6.12. The second kappa shape index (κ2) is 13.0. The van der Waals surface area contributed by atoms with Gasteiger partial charge < -0.3 is 9.47 Å². The maximum Gasteiger partial charge on any atom is 0.0541 e. The summed E-state index contributed by atoms with van der Waals surface area (Å²) >= 11 is 0. The van der Waals surface area contributed by atoms with Gasteiger partial charge in [-0.3, -0.25) is 0 Å². The van der Waals surface area contributed by atoms with Crippen LogP contribution < -0.4 is 4.90 Å². The van der Waals surface area contributed by atoms with Gasteiger partial charge in [-0.1, -0.05) is 159 Å². The molecule has 0 N–H and O–H groups in total. The summed E-state index contributed by atoms with van der Waals surface area (Å²) in [5.74, 6) is 0. The van der Waals surface area contributed by atoms with Gasteiger partial charge in [-0.05, 0) is 111 Å². The fourth-order valence-corrected chi connectivity index (χ4v) is 9.44. The number of hydrogen-bond acceptors (Lipinski definition) is 1. The Morgan fingerprint density at radius 3 is 1.84 bits per heavy atom. The molecule has 2 nitrogen and oxygen atoms in total. The molecule has 0 aliphatic heterocycles. The molecule has 2 heteroatoms. The molecule has 1 aliphatic rings. The molecule has 0 atom stereocenters. The van der Waals surface area contributed by atoms with Crippen LogP contribution in [0.3, 0.4) is 0 Å². The highest BCUT2D eigenvalue weighted by Gasteiger charge is 2.36. The number of hydrogen-bond donors (Lipinski definition) is 0. The summed E-state index contributed by atoms with van der Waals surface area (Å²) in [5.41, 5.74) is 17.1. The third-order valence-electron chi connectivity index (χ3n) is 12.2. The topological polar surface area (TPSA) is 8.17 Å². The molecule has 0 amide bonds. The lowest BCUT2D eigenvalue weighted by atomic mass is 9.82. The van der Waals surface area contributed by atoms with Gasteiger partial charge in [0, 0.05) is 38.6 Å². The van der Waals surface area contributed by atoms with Gasteiger partial charge in [-0.15, -0.1) is 0 Å². The van der Waals surface area contributed by atoms with Crippen LogP contribution in [0, 0.1) is 0 Å². The number of fused-ring (bicyclic) bond motifs is 7. The van der Waals surface area contributed by atoms with E-state index in [9.17, 15) is 0 Å². The van der Waals surface area contributed by atoms with E-state index < -0.39 is 0 Å². The normalized spacial score (nSPS) is 12.9. The van der Waals surface area contributed by atoms with Gasteiger partial charge >= 0.3 is 0 Å². The zero-order valence-corrected chi connectivity index (χ0v) is 32.0. The molecule has 0 saturated heterocycles. The molecule has 0 radical (unpaired) electrons. The zero-order valence-electron chi connectivity index (χ0n) is 32.0. The maximum absolute atomic E-state index is 2.47. The van der Waals surface area contributed by atoms with E-state index in [4.69, 9.17) is 0 Å². The van der Waals surface area contributed by atoms with E-state index in [2.05, 4.69) is 230 Å². The van der Waals surface area contributed by atoms with E-state index in [-0.39, 0.29) is 5.41 Å². The Morgan fingerprint density at radius 2 is 1.00 bits per heavy atom. The lowest BCUT2D eigenvalue weighted by molar-refractivity contribution is 0.660. The average Bonchev–Trinajstić information content (AvgIpc) is 3.72. The van der Waals surface area contributed by atoms with Gasteiger partial charge in [-0.25, -0.2) is 0 Å². The maximum atomic E-state index is 2.47. The Morgan fingerprint density at radius 1 is 0.368 bits per heavy atom. The molecular formula is C55H40N2. The number of para-hydroxylation sites is 2. The van der Waals surface area contributed by atoms with Crippen molar-refractivity contribution in [1.82, 2.24) is 4.57 Å². The highest BCUT2D eigenvalue weighted by atomic mass is 15.1. The third kappa shape index (κ3) is 5.25. The zero-order chi connectivity index (χ0) is 38.1. The van der Waals surface area contributed by atoms with Crippen molar-refractivity contribution in [2.45, 2.75) is 19.3 Å². The smallest absolute Gasteiger partial charge is 0.0541 e. The second-order valence-corrected chi connectivity index (χ2v) is 15.8. The van der Waals surface area contributed by atoms with E-state index in [1.54, 1.807) is 0 Å². The molecule has 57 heavy (non-hydrogen) atoms. The van der Waals surface area contributed by atoms with Crippen LogP contribution in [0.15, 0.2) is 206 Å². The summed E-state index contributed by atoms with van der Waals surface area (Å²) in [4.78, 5) is 2.47. The largest absolute Gasteiger partial charge is 0.310 e. The molecule has 11 rings (SSSR count). The molecule has 0 bridgehead atoms. The van der Waals surface area contributed by atoms with Crippen molar-refractivity contribution in [2.75, 3.05) is 4.90 Å². The Hall–Kier alpha value is -7.16. The van der Waals surface area contributed by atoms with Gasteiger partial charge in [0.05, 0.1) is 16.7 Å². The van der Waals surface area contributed by atoms with Crippen molar-refractivity contribution in [1.29, 1.82) is 0 Å². The third-order valence-corrected chi connectivity index (χ3v) is 12.2. The van der Waals surface area contributed by atoms with Crippen LogP contribution in [-0.2, 0) is 5.41 Å². The van der Waals surface area contributed by atoms with Gasteiger partial charge in [0.1, 0.15) is 0 Å². The van der Waals surface area contributed by atoms with Crippen molar-refractivity contribution in [3.8, 4) is 39.1 Å². The minimum Gasteiger partial charge on any atom is -0.310 e. The molecule has 10 aromatic rings. The van der Waals surface area contributed by atoms with Crippen molar-refractivity contribution in [2.24, 2.45) is 0 Å². The van der Waals surface area contributed by atoms with Gasteiger partial charge in [0.2, 0.25) is 0 Å². The first-order chi connectivity index (χ1) is 28.0. The highest BCUT2D eigenvalue weighted by Crippen LogP contribution is 2.51. The molecule has 9 aromatic carbocycles. The molecule has 0 saturated carbocycles. The number of rotatable bonds is 6. The first-order valence-electron chi connectivity index (χ1n) is 19.9. The molecule has 1 heterocycles. The van der Waals surface area contributed by atoms with Gasteiger partial charge in [0.15, 0.2) is 0 Å². The standard InChI is InChI=1S/C55H40N2/c1-55(2)50-26-13-11-23-45(50)46-30-29-42(36-51(46)55)56(41-21-15-18-38(34-41)37-16-5-3-6-17-37)53-33-31-43(44-22-9-10-24-47(44)53)39-28-32-54-49(35-39)48-25-12-14-27-52(48)57(54)40-19-7-4-8-20-40/h3-36H,1-2H3. The average molecular weight is 729 g/mol. The fraction of sp³-hybridized carbons (Fsp3) is 0.0545. The summed E-state index contributed by atoms with van der Waals surface area (Å²) in [5, 5.41) is 4.93. The molecule has 270 valence electrons. The molecule has 1 aliphatic carbocycles. The van der Waals surface area contributed by atoms with Crippen LogP contribution in [-0.4, -0.2) is 4.57 Å². The van der Waals surface area contributed by atoms with E-state index in [1.807, 2.05) is 0 Å². The monoisotopic (exact) mass is 728 g/mol. The summed E-state index contributed by atoms with van der Waals surface area (Å²) in [6.07, 6.45) is 0. The van der Waals surface area contributed by atoms with Crippen molar-refractivity contribution < 1.29 is 0 Å². The van der Waals surface area contributed by atoms with Crippen molar-refractivity contribution in [3.63, 3.8) is 0 Å². The number of nitrogens with zero attached hydrogens (tertiary/aromatic N) is 2. The van der Waals surface area contributed by atoms with Gasteiger partial charge in [0.25, 0.3) is 0 Å². The van der Waals surface area contributed by atoms with Crippen LogP contribution in [0.2, 0.25) is 0 Å². The van der Waals surface area contributed by atoms with Crippen LogP contribution in [0.1, 0.15) is 25.0 Å². The Balaban J connectivity index is 1.11. The predicted octanol–water partition coefficient (Wildman–Crippen LogP) is 15.0. The number of aromatic nitrogens is 1. The van der Waals surface area contributed by atoms with Crippen molar-refractivity contribution in [3.05, 3.63) is 217 Å². The number of anilines is 3. The fourth-order valence-electron chi connectivity index (χ4n) is 9.44. The summed E-state index contributed by atoms with van der Waals surface area (Å²) < 4.78 is 2.38. The van der Waals surface area contributed by atoms with E-state index in [0.717, 1.165) is 17.1 Å². The first-order valence-corrected chi connectivity index (χ1v) is 19.9. The van der Waals surface area contributed by atoms with E-state index in [0.29, 0.717) is 0 Å². The lowest BCUT2D eigenvalue weighted by Gasteiger charge is -2.30. The minimum absolute atomic E-state index is 0.117. The quantitative estimate of drug-likeness (QED) is 0.165. The van der Waals surface area contributed by atoms with Crippen LogP contribution in [0.25, 0.3) is 71.6 Å². The molecule has 0 spiro atoms. The van der Waals surface area contributed by atoms with Crippen molar-refractivity contribution >= 4 is 49.6 Å². The van der Waals surface area contributed by atoms with Crippen LogP contribution in [0.5, 0.6) is 0 Å². The van der Waals surface area contributed by atoms with E-state index in [1.165, 1.54) is 82.8 Å². The first kappa shape index (κ1) is 33.2. The van der Waals surface area contributed by atoms with Gasteiger partial charge in [-0.2, -0.15) is 0 Å². The minimum atomic E-state index is -0.117. The summed E-state index contributed by atoms with van der Waals surface area (Å²) in [7, 11) is 0. The summed E-state index contributed by atoms with van der Waals surface area (Å²) in [6, 6.07) is 75.6. The SMILES string of the molecule is CC1(C)c2ccccc2-c2ccc(N(c3cccc(-c4ccccc4)c3)c3ccc(-c4ccc5c(c4)c4ccccc4n5-c4ccccc4)c4ccccc34)cc21. The Bertz CT molecular complexity index is 3150. The molecule has 0 unspecified atom stereocenters. The Labute approximate surface area is 333 Å².